The normalized spacial score (nSPS) is 13.0. The maximum Gasteiger partial charge on any atom is 0.423 e. The zero-order chi connectivity index (χ0) is 36.7. The molecule has 48 heavy (non-hydrogen) atoms. The lowest BCUT2D eigenvalue weighted by Gasteiger charge is -2.25. The van der Waals surface area contributed by atoms with E-state index in [1.807, 2.05) is 13.8 Å². The lowest BCUT2D eigenvalue weighted by atomic mass is 9.84. The third kappa shape index (κ3) is 12.1. The fraction of sp³-hybridized carbons (Fsp3) is 0.529. The second-order valence-corrected chi connectivity index (χ2v) is 16.2. The zero-order valence-corrected chi connectivity index (χ0v) is 32.6. The smallest absolute Gasteiger partial charge is 0.423 e. The summed E-state index contributed by atoms with van der Waals surface area (Å²) in [5.41, 5.74) is -0.997. The van der Waals surface area contributed by atoms with Crippen LogP contribution in [0, 0.1) is 22.7 Å². The van der Waals surface area contributed by atoms with Crippen LogP contribution in [0.1, 0.15) is 102 Å². The Morgan fingerprint density at radius 2 is 0.896 bits per heavy atom. The Morgan fingerprint density at radius 1 is 0.583 bits per heavy atom. The van der Waals surface area contributed by atoms with Gasteiger partial charge in [0, 0.05) is 0 Å². The molecule has 8 nitrogen and oxygen atoms in total. The largest absolute Gasteiger partial charge is 0.462 e. The lowest BCUT2D eigenvalue weighted by Crippen LogP contribution is -2.28. The van der Waals surface area contributed by atoms with Crippen LogP contribution in [-0.2, 0) is 19.1 Å². The number of benzene rings is 2. The van der Waals surface area contributed by atoms with E-state index < -0.39 is 46.5 Å². The van der Waals surface area contributed by atoms with E-state index in [2.05, 4.69) is 41.5 Å². The molecule has 0 saturated heterocycles. The van der Waals surface area contributed by atoms with Crippen LogP contribution < -0.4 is 9.47 Å². The predicted octanol–water partition coefficient (Wildman–Crippen LogP) is 11.4. The van der Waals surface area contributed by atoms with Crippen molar-refractivity contribution in [1.82, 2.24) is 0 Å². The van der Waals surface area contributed by atoms with E-state index in [0.29, 0.717) is 0 Å². The zero-order valence-electron chi connectivity index (χ0n) is 28.1. The van der Waals surface area contributed by atoms with Gasteiger partial charge in [0.05, 0.1) is 43.3 Å². The highest BCUT2D eigenvalue weighted by molar-refractivity contribution is 6.47. The highest BCUT2D eigenvalue weighted by Gasteiger charge is 2.33. The number of esters is 4. The van der Waals surface area contributed by atoms with Gasteiger partial charge in [-0.05, 0) is 47.6 Å². The molecule has 14 heteroatoms. The molecule has 0 saturated carbocycles. The van der Waals surface area contributed by atoms with Gasteiger partial charge in [0.2, 0.25) is 0 Å². The Labute approximate surface area is 311 Å². The van der Waals surface area contributed by atoms with Crippen molar-refractivity contribution in [2.45, 2.75) is 81.1 Å². The molecule has 0 amide bonds. The fourth-order valence-corrected chi connectivity index (χ4v) is 6.33. The summed E-state index contributed by atoms with van der Waals surface area (Å²) in [6.45, 7) is 16.4. The van der Waals surface area contributed by atoms with Gasteiger partial charge in [-0.3, -0.25) is 0 Å². The summed E-state index contributed by atoms with van der Waals surface area (Å²) >= 11 is 37.5. The van der Waals surface area contributed by atoms with Gasteiger partial charge in [-0.25, -0.2) is 19.2 Å². The van der Waals surface area contributed by atoms with Crippen LogP contribution in [0.3, 0.4) is 0 Å². The van der Waals surface area contributed by atoms with Crippen LogP contribution in [0.15, 0.2) is 12.1 Å². The van der Waals surface area contributed by atoms with Gasteiger partial charge >= 0.3 is 23.9 Å². The van der Waals surface area contributed by atoms with Crippen LogP contribution in [0.2, 0.25) is 30.1 Å². The summed E-state index contributed by atoms with van der Waals surface area (Å²) in [7, 11) is 0. The first-order chi connectivity index (χ1) is 22.1. The summed E-state index contributed by atoms with van der Waals surface area (Å²) in [6, 6.07) is 2.25. The fourth-order valence-electron chi connectivity index (χ4n) is 4.90. The lowest BCUT2D eigenvalue weighted by molar-refractivity contribution is -0.156. The molecule has 2 aromatic carbocycles. The summed E-state index contributed by atoms with van der Waals surface area (Å²) < 4.78 is 21.4. The minimum atomic E-state index is -1.65. The Hall–Kier alpha value is -1.94. The van der Waals surface area contributed by atoms with Crippen molar-refractivity contribution in [2.75, 3.05) is 13.2 Å². The topological polar surface area (TPSA) is 105 Å². The van der Waals surface area contributed by atoms with Gasteiger partial charge in [-0.2, -0.15) is 0 Å². The quantitative estimate of drug-likeness (QED) is 0.0906. The molecule has 0 aliphatic carbocycles. The minimum absolute atomic E-state index is 0.0199. The van der Waals surface area contributed by atoms with E-state index in [-0.39, 0.29) is 66.0 Å². The molecule has 0 aliphatic heterocycles. The SMILES string of the molecule is CCC(COC(=O)c1c(Cl)c(Cl)cc(Cl)c1OC(=O)C(=O)Oc1c(Cl)cc(Cl)c(Cl)c1C(=O)OCC(CC)CC(C)(C)C)CC(C)(C)C. The van der Waals surface area contributed by atoms with E-state index in [9.17, 15) is 19.2 Å². The third-order valence-corrected chi connectivity index (χ3v) is 9.21. The van der Waals surface area contributed by atoms with E-state index in [0.717, 1.165) is 37.8 Å². The number of hydrogen-bond acceptors (Lipinski definition) is 8. The average Bonchev–Trinajstić information content (AvgIpc) is 2.97. The van der Waals surface area contributed by atoms with Crippen molar-refractivity contribution in [1.29, 1.82) is 0 Å². The number of ether oxygens (including phenoxy) is 4. The summed E-state index contributed by atoms with van der Waals surface area (Å²) in [5, 5.41) is -1.54. The summed E-state index contributed by atoms with van der Waals surface area (Å²) in [4.78, 5) is 52.5. The first kappa shape index (κ1) is 42.2. The first-order valence-corrected chi connectivity index (χ1v) is 17.5. The maximum atomic E-state index is 13.2. The molecule has 266 valence electrons. The van der Waals surface area contributed by atoms with Crippen LogP contribution in [0.5, 0.6) is 11.5 Å². The van der Waals surface area contributed by atoms with E-state index in [4.69, 9.17) is 88.6 Å². The molecule has 0 radical (unpaired) electrons. The maximum absolute atomic E-state index is 13.2. The standard InChI is InChI=1S/C34H40Cl6O8/c1-9-17(13-33(3,4)5)15-45-29(41)23-25(39)19(35)11-21(37)27(23)47-31(43)32(44)48-28-22(38)12-20(36)26(40)24(28)30(42)46-16-18(10-2)14-34(6,7)8/h11-12,17-18H,9-10,13-16H2,1-8H3. The van der Waals surface area contributed by atoms with Crippen molar-refractivity contribution in [3.05, 3.63) is 53.4 Å². The second-order valence-electron chi connectivity index (χ2n) is 13.8. The summed E-state index contributed by atoms with van der Waals surface area (Å²) in [5.74, 6) is -6.41. The van der Waals surface area contributed by atoms with Gasteiger partial charge in [0.15, 0.2) is 11.5 Å². The molecule has 2 atom stereocenters. The highest BCUT2D eigenvalue weighted by Crippen LogP contribution is 2.42. The Kier molecular flexibility index (Phi) is 15.7. The molecule has 0 spiro atoms. The second kappa shape index (κ2) is 17.8. The highest BCUT2D eigenvalue weighted by atomic mass is 35.5. The number of carbonyl (C=O) groups is 4. The Balaban J connectivity index is 2.37. The number of halogens is 6. The minimum Gasteiger partial charge on any atom is -0.462 e. The number of carbonyl (C=O) groups excluding carboxylic acids is 4. The van der Waals surface area contributed by atoms with Crippen LogP contribution in [0.4, 0.5) is 0 Å². The van der Waals surface area contributed by atoms with Gasteiger partial charge < -0.3 is 18.9 Å². The molecule has 0 aromatic heterocycles. The van der Waals surface area contributed by atoms with E-state index in [1.165, 1.54) is 0 Å². The molecule has 2 rings (SSSR count). The molecule has 2 aromatic rings. The van der Waals surface area contributed by atoms with Gasteiger partial charge in [0.1, 0.15) is 11.1 Å². The first-order valence-electron chi connectivity index (χ1n) is 15.2. The van der Waals surface area contributed by atoms with Crippen LogP contribution in [-0.4, -0.2) is 37.1 Å². The van der Waals surface area contributed by atoms with E-state index in [1.54, 1.807) is 0 Å². The number of hydrogen-bond donors (Lipinski definition) is 0. The number of rotatable bonds is 12. The van der Waals surface area contributed by atoms with Crippen LogP contribution in [0.25, 0.3) is 0 Å². The molecule has 0 fully saturated rings. The molecule has 0 N–H and O–H groups in total. The molecular formula is C34H40Cl6O8. The van der Waals surface area contributed by atoms with Crippen LogP contribution >= 0.6 is 69.6 Å². The van der Waals surface area contributed by atoms with Crippen molar-refractivity contribution in [2.24, 2.45) is 22.7 Å². The molecule has 0 heterocycles. The van der Waals surface area contributed by atoms with Gasteiger partial charge in [-0.15, -0.1) is 0 Å². The third-order valence-electron chi connectivity index (χ3n) is 7.07. The van der Waals surface area contributed by atoms with Crippen molar-refractivity contribution in [3.63, 3.8) is 0 Å². The Bertz CT molecular complexity index is 1410. The Morgan fingerprint density at radius 3 is 1.17 bits per heavy atom. The summed E-state index contributed by atoms with van der Waals surface area (Å²) in [6.07, 6.45) is 2.98. The molecular weight excluding hydrogens is 749 g/mol. The van der Waals surface area contributed by atoms with Crippen molar-refractivity contribution >= 4 is 93.5 Å². The molecule has 0 aliphatic rings. The average molecular weight is 789 g/mol. The van der Waals surface area contributed by atoms with E-state index >= 15 is 0 Å². The monoisotopic (exact) mass is 786 g/mol. The van der Waals surface area contributed by atoms with Gasteiger partial charge in [-0.1, -0.05) is 138 Å². The van der Waals surface area contributed by atoms with Gasteiger partial charge in [0.25, 0.3) is 0 Å². The predicted molar refractivity (Wildman–Crippen MR) is 190 cm³/mol. The van der Waals surface area contributed by atoms with Crippen molar-refractivity contribution in [3.8, 4) is 11.5 Å². The molecule has 2 unspecified atom stereocenters. The molecule has 0 bridgehead atoms. The van der Waals surface area contributed by atoms with Crippen molar-refractivity contribution < 1.29 is 38.1 Å².